The summed E-state index contributed by atoms with van der Waals surface area (Å²) in [5, 5.41) is 14.4. The number of rotatable bonds is 4. The number of hydrogen-bond donors (Lipinski definition) is 4. The van der Waals surface area contributed by atoms with Crippen LogP contribution in [0.15, 0.2) is 18.2 Å². The third-order valence-corrected chi connectivity index (χ3v) is 5.73. The zero-order valence-electron chi connectivity index (χ0n) is 18.0. The minimum Gasteiger partial charge on any atom is -0.400 e. The summed E-state index contributed by atoms with van der Waals surface area (Å²) in [6.45, 7) is 8.23. The second-order valence-corrected chi connectivity index (χ2v) is 9.09. The molecule has 6 nitrogen and oxygen atoms in total. The van der Waals surface area contributed by atoms with E-state index >= 15 is 0 Å². The molecule has 1 aliphatic carbocycles. The Balaban J connectivity index is 0.00000117. The van der Waals surface area contributed by atoms with E-state index in [0.29, 0.717) is 29.9 Å². The second kappa shape index (κ2) is 8.67. The summed E-state index contributed by atoms with van der Waals surface area (Å²) in [6, 6.07) is 6.53. The molecule has 1 aromatic carbocycles. The number of nitrogens with one attached hydrogen (secondary N) is 2. The van der Waals surface area contributed by atoms with Gasteiger partial charge in [0.05, 0.1) is 5.52 Å². The maximum absolute atomic E-state index is 12.7. The molecule has 2 aliphatic rings. The van der Waals surface area contributed by atoms with Gasteiger partial charge in [-0.1, -0.05) is 26.8 Å². The third-order valence-electron chi connectivity index (χ3n) is 5.73. The first-order valence-electron chi connectivity index (χ1n) is 10.5. The molecule has 29 heavy (non-hydrogen) atoms. The van der Waals surface area contributed by atoms with Crippen molar-refractivity contribution in [1.82, 2.24) is 15.6 Å². The summed E-state index contributed by atoms with van der Waals surface area (Å²) in [5.41, 5.74) is 10.7. The van der Waals surface area contributed by atoms with Crippen molar-refractivity contribution in [1.29, 1.82) is 0 Å². The van der Waals surface area contributed by atoms with E-state index in [4.69, 9.17) is 15.8 Å². The van der Waals surface area contributed by atoms with Crippen molar-refractivity contribution in [3.8, 4) is 0 Å². The van der Waals surface area contributed by atoms with Crippen molar-refractivity contribution in [2.45, 2.75) is 63.8 Å². The molecule has 1 unspecified atom stereocenters. The predicted molar refractivity (Wildman–Crippen MR) is 118 cm³/mol. The number of amides is 1. The lowest BCUT2D eigenvalue weighted by atomic mass is 9.83. The van der Waals surface area contributed by atoms with E-state index in [1.54, 1.807) is 6.07 Å². The summed E-state index contributed by atoms with van der Waals surface area (Å²) in [4.78, 5) is 17.4. The first-order chi connectivity index (χ1) is 13.8. The molecule has 158 valence electrons. The van der Waals surface area contributed by atoms with Gasteiger partial charge in [-0.15, -0.1) is 0 Å². The fourth-order valence-electron chi connectivity index (χ4n) is 3.95. The maximum Gasteiger partial charge on any atom is 0.270 e. The van der Waals surface area contributed by atoms with Crippen LogP contribution < -0.4 is 16.4 Å². The molecule has 1 saturated carbocycles. The number of aromatic nitrogens is 1. The van der Waals surface area contributed by atoms with Crippen molar-refractivity contribution in [2.24, 2.45) is 0 Å². The molecule has 1 aromatic heterocycles. The minimum atomic E-state index is -0.150. The smallest absolute Gasteiger partial charge is 0.270 e. The number of hydrogen-bond acceptors (Lipinski definition) is 5. The molecule has 1 amide bonds. The largest absolute Gasteiger partial charge is 0.400 e. The van der Waals surface area contributed by atoms with E-state index in [-0.39, 0.29) is 11.3 Å². The van der Waals surface area contributed by atoms with E-state index in [1.807, 2.05) is 0 Å². The van der Waals surface area contributed by atoms with Gasteiger partial charge in [0.1, 0.15) is 5.69 Å². The van der Waals surface area contributed by atoms with Gasteiger partial charge in [-0.05, 0) is 66.8 Å². The molecular weight excluding hydrogens is 364 g/mol. The fraction of sp³-hybridized carbons (Fsp3) is 0.565. The summed E-state index contributed by atoms with van der Waals surface area (Å²) >= 11 is 0. The van der Waals surface area contributed by atoms with Crippen molar-refractivity contribution < 1.29 is 9.90 Å². The quantitative estimate of drug-likeness (QED) is 0.634. The van der Waals surface area contributed by atoms with Gasteiger partial charge in [-0.2, -0.15) is 0 Å². The maximum atomic E-state index is 12.7. The van der Waals surface area contributed by atoms with Gasteiger partial charge >= 0.3 is 0 Å². The number of aliphatic hydroxyl groups excluding tert-OH is 1. The first-order valence-corrected chi connectivity index (χ1v) is 10.5. The highest BCUT2D eigenvalue weighted by molar-refractivity contribution is 6.00. The van der Waals surface area contributed by atoms with Crippen molar-refractivity contribution in [3.63, 3.8) is 0 Å². The molecule has 2 heterocycles. The van der Waals surface area contributed by atoms with E-state index in [0.717, 1.165) is 31.0 Å². The van der Waals surface area contributed by atoms with Gasteiger partial charge in [0.25, 0.3) is 5.91 Å². The van der Waals surface area contributed by atoms with Gasteiger partial charge < -0.3 is 21.5 Å². The average molecular weight is 399 g/mol. The molecular formula is C23H34N4O2. The Labute approximate surface area is 173 Å². The van der Waals surface area contributed by atoms with Crippen LogP contribution >= 0.6 is 0 Å². The molecule has 0 spiro atoms. The summed E-state index contributed by atoms with van der Waals surface area (Å²) in [6.07, 6.45) is 4.77. The van der Waals surface area contributed by atoms with Crippen LogP contribution in [0.25, 0.3) is 10.9 Å². The summed E-state index contributed by atoms with van der Waals surface area (Å²) in [7, 11) is 1.00. The molecule has 2 aromatic rings. The van der Waals surface area contributed by atoms with Crippen LogP contribution in [0.2, 0.25) is 0 Å². The molecule has 6 heteroatoms. The number of benzene rings is 1. The minimum absolute atomic E-state index is 0.0640. The monoisotopic (exact) mass is 398 g/mol. The van der Waals surface area contributed by atoms with Crippen LogP contribution in [0.3, 0.4) is 0 Å². The topological polar surface area (TPSA) is 100 Å². The number of nitrogens with two attached hydrogens (primary N) is 1. The highest BCUT2D eigenvalue weighted by atomic mass is 16.2. The van der Waals surface area contributed by atoms with Gasteiger partial charge in [-0.3, -0.25) is 4.79 Å². The molecule has 1 atom stereocenters. The van der Waals surface area contributed by atoms with Gasteiger partial charge in [0, 0.05) is 30.8 Å². The van der Waals surface area contributed by atoms with Crippen LogP contribution in [0.1, 0.15) is 74.0 Å². The Morgan fingerprint density at radius 3 is 2.55 bits per heavy atom. The number of fused-ring (bicyclic) bond motifs is 1. The molecule has 0 radical (unpaired) electrons. The highest BCUT2D eigenvalue weighted by Gasteiger charge is 2.28. The van der Waals surface area contributed by atoms with Crippen LogP contribution in [-0.4, -0.2) is 42.2 Å². The molecule has 1 saturated heterocycles. The second-order valence-electron chi connectivity index (χ2n) is 9.09. The van der Waals surface area contributed by atoms with E-state index in [2.05, 4.69) is 43.5 Å². The average Bonchev–Trinajstić information content (AvgIpc) is 3.42. The third kappa shape index (κ3) is 4.87. The molecule has 0 bridgehead atoms. The Kier molecular flexibility index (Phi) is 6.44. The van der Waals surface area contributed by atoms with E-state index in [9.17, 15) is 4.79 Å². The number of anilines is 1. The number of nitrogens with zero attached hydrogens (tertiary/aromatic N) is 1. The molecule has 2 fully saturated rings. The Hall–Kier alpha value is -2.18. The first kappa shape index (κ1) is 21.5. The van der Waals surface area contributed by atoms with Gasteiger partial charge in [-0.25, -0.2) is 4.98 Å². The summed E-state index contributed by atoms with van der Waals surface area (Å²) in [5.74, 6) is 0.500. The zero-order chi connectivity index (χ0) is 21.2. The number of carbonyl (C=O) groups excluding carboxylic acids is 1. The van der Waals surface area contributed by atoms with Crippen LogP contribution in [0.4, 0.5) is 5.69 Å². The lowest BCUT2D eigenvalue weighted by Crippen LogP contribution is -2.37. The fourth-order valence-corrected chi connectivity index (χ4v) is 3.95. The van der Waals surface area contributed by atoms with Crippen molar-refractivity contribution in [2.75, 3.05) is 25.9 Å². The normalized spacial score (nSPS) is 19.0. The summed E-state index contributed by atoms with van der Waals surface area (Å²) < 4.78 is 0. The predicted octanol–water partition coefficient (Wildman–Crippen LogP) is 3.08. The lowest BCUT2D eigenvalue weighted by molar-refractivity contribution is 0.0945. The number of carbonyl (C=O) groups is 1. The SMILES string of the molecule is CC(C)(C)c1cc(C2CC2)cc2c(N)cc(C(=O)NCC3CCCN3)nc12.CO. The zero-order valence-corrected chi connectivity index (χ0v) is 18.0. The van der Waals surface area contributed by atoms with E-state index in [1.165, 1.54) is 30.4 Å². The molecule has 5 N–H and O–H groups in total. The lowest BCUT2D eigenvalue weighted by Gasteiger charge is -2.23. The standard InChI is InChI=1S/C22H30N4O.CH4O/c1-22(2,3)17-10-14(13-6-7-13)9-16-18(23)11-19(26-20(16)17)21(27)25-12-15-5-4-8-24-15;1-2/h9-11,13,15,24H,4-8,12H2,1-3H3,(H2,23,26)(H,25,27);2H,1H3. The van der Waals surface area contributed by atoms with Crippen LogP contribution in [0.5, 0.6) is 0 Å². The Morgan fingerprint density at radius 2 is 1.97 bits per heavy atom. The Morgan fingerprint density at radius 1 is 1.24 bits per heavy atom. The van der Waals surface area contributed by atoms with E-state index < -0.39 is 0 Å². The van der Waals surface area contributed by atoms with Gasteiger partial charge in [0.15, 0.2) is 0 Å². The number of nitrogen functional groups attached to an aromatic ring is 1. The van der Waals surface area contributed by atoms with Gasteiger partial charge in [0.2, 0.25) is 0 Å². The number of pyridine rings is 1. The highest BCUT2D eigenvalue weighted by Crippen LogP contribution is 2.43. The molecule has 1 aliphatic heterocycles. The van der Waals surface area contributed by atoms with Crippen LogP contribution in [0, 0.1) is 0 Å². The van der Waals surface area contributed by atoms with Crippen molar-refractivity contribution >= 4 is 22.5 Å². The number of aliphatic hydroxyl groups is 1. The van der Waals surface area contributed by atoms with Crippen LogP contribution in [-0.2, 0) is 5.41 Å². The Bertz CT molecular complexity index is 879. The van der Waals surface area contributed by atoms with Crippen molar-refractivity contribution in [3.05, 3.63) is 35.0 Å². The molecule has 4 rings (SSSR count).